The van der Waals surface area contributed by atoms with Gasteiger partial charge in [0.05, 0.1) is 25.3 Å². The smallest absolute Gasteiger partial charge is 0.328 e. The molecule has 1 aliphatic heterocycles. The zero-order valence-electron chi connectivity index (χ0n) is 30.9. The summed E-state index contributed by atoms with van der Waals surface area (Å²) >= 11 is 0. The number of para-hydroxylation sites is 1. The van der Waals surface area contributed by atoms with E-state index >= 15 is 0 Å². The highest BCUT2D eigenvalue weighted by Gasteiger charge is 2.55. The van der Waals surface area contributed by atoms with E-state index in [-0.39, 0.29) is 18.9 Å². The van der Waals surface area contributed by atoms with Gasteiger partial charge in [0.1, 0.15) is 22.9 Å². The molecule has 1 saturated carbocycles. The van der Waals surface area contributed by atoms with Crippen LogP contribution in [0.25, 0.3) is 0 Å². The van der Waals surface area contributed by atoms with E-state index in [1.54, 1.807) is 58.9 Å². The molecule has 3 aromatic rings. The molecule has 1 heterocycles. The number of hydrogen-bond acceptors (Lipinski definition) is 7. The molecule has 2 fully saturated rings. The highest BCUT2D eigenvalue weighted by Crippen LogP contribution is 2.39. The predicted molar refractivity (Wildman–Crippen MR) is 198 cm³/mol. The summed E-state index contributed by atoms with van der Waals surface area (Å²) in [5.74, 6) is -0.913. The lowest BCUT2D eigenvalue weighted by molar-refractivity contribution is -0.155. The minimum Gasteiger partial charge on any atom is -0.495 e. The Morgan fingerprint density at radius 3 is 2.21 bits per heavy atom. The number of carbonyl (C=O) groups excluding carboxylic acids is 5. The Labute approximate surface area is 305 Å². The summed E-state index contributed by atoms with van der Waals surface area (Å²) in [5.41, 5.74) is 1.38. The van der Waals surface area contributed by atoms with Crippen LogP contribution in [-0.4, -0.2) is 63.9 Å². The molecule has 6 amide bonds. The summed E-state index contributed by atoms with van der Waals surface area (Å²) in [4.78, 5) is 70.7. The fourth-order valence-corrected chi connectivity index (χ4v) is 6.27. The van der Waals surface area contributed by atoms with Gasteiger partial charge in [-0.25, -0.2) is 14.5 Å². The molecule has 3 N–H and O–H groups in total. The molecule has 0 unspecified atom stereocenters. The lowest BCUT2D eigenvalue weighted by atomic mass is 10.00. The molecule has 52 heavy (non-hydrogen) atoms. The Morgan fingerprint density at radius 2 is 1.58 bits per heavy atom. The number of nitrogens with zero attached hydrogens (tertiary/aromatic N) is 2. The summed E-state index contributed by atoms with van der Waals surface area (Å²) in [6, 6.07) is 18.8. The highest BCUT2D eigenvalue weighted by molar-refractivity contribution is 6.09. The van der Waals surface area contributed by atoms with E-state index in [0.29, 0.717) is 34.7 Å². The number of rotatable bonds is 13. The Bertz CT molecular complexity index is 1820. The van der Waals surface area contributed by atoms with Gasteiger partial charge in [-0.2, -0.15) is 0 Å². The van der Waals surface area contributed by atoms with Crippen molar-refractivity contribution in [3.63, 3.8) is 0 Å². The van der Waals surface area contributed by atoms with Crippen LogP contribution in [0, 0.1) is 12.8 Å². The summed E-state index contributed by atoms with van der Waals surface area (Å²) < 4.78 is 11.1. The van der Waals surface area contributed by atoms with Gasteiger partial charge in [0.15, 0.2) is 0 Å². The number of carbonyl (C=O) groups is 5. The first kappa shape index (κ1) is 37.9. The van der Waals surface area contributed by atoms with Crippen molar-refractivity contribution >= 4 is 41.2 Å². The monoisotopic (exact) mass is 711 g/mol. The molecule has 12 nitrogen and oxygen atoms in total. The average molecular weight is 712 g/mol. The van der Waals surface area contributed by atoms with Crippen molar-refractivity contribution in [2.24, 2.45) is 5.92 Å². The molecule has 5 rings (SSSR count). The number of amides is 6. The van der Waals surface area contributed by atoms with Gasteiger partial charge < -0.3 is 30.3 Å². The third-order valence-corrected chi connectivity index (χ3v) is 9.28. The van der Waals surface area contributed by atoms with Crippen LogP contribution in [-0.2, 0) is 25.7 Å². The molecule has 0 radical (unpaired) electrons. The Kier molecular flexibility index (Phi) is 11.3. The number of ether oxygens (including phenoxy) is 2. The first-order valence-corrected chi connectivity index (χ1v) is 17.6. The van der Waals surface area contributed by atoms with Gasteiger partial charge in [-0.15, -0.1) is 0 Å². The standard InChI is InChI=1S/C40H49N5O7/c1-25-13-11-12-16-29(25)42-37(49)43-30-20-19-27(22-33(30)51-7)24-44-38(50)45(36(48)40(44,5)6)32(21-26-17-18-26)35(47)41-31(28-14-9-8-10-15-28)23-34(46)52-39(2,3)4/h8-16,19-20,22,26,31-32H,17-18,21,23-24H2,1-7H3,(H,41,47)(H2,42,43,49)/t31-,32-/m0/s1. The van der Waals surface area contributed by atoms with Gasteiger partial charge in [0.25, 0.3) is 5.91 Å². The van der Waals surface area contributed by atoms with Gasteiger partial charge >= 0.3 is 18.0 Å². The van der Waals surface area contributed by atoms with E-state index < -0.39 is 53.1 Å². The van der Waals surface area contributed by atoms with Crippen molar-refractivity contribution in [3.05, 3.63) is 89.5 Å². The van der Waals surface area contributed by atoms with Gasteiger partial charge in [0.2, 0.25) is 5.91 Å². The fraction of sp³-hybridized carbons (Fsp3) is 0.425. The molecular formula is C40H49N5O7. The second-order valence-corrected chi connectivity index (χ2v) is 15.0. The number of urea groups is 2. The van der Waals surface area contributed by atoms with Gasteiger partial charge in [-0.05, 0) is 88.8 Å². The average Bonchev–Trinajstić information content (AvgIpc) is 3.89. The van der Waals surface area contributed by atoms with Crippen molar-refractivity contribution in [2.45, 2.75) is 97.0 Å². The molecule has 1 aliphatic carbocycles. The number of benzene rings is 3. The summed E-state index contributed by atoms with van der Waals surface area (Å²) in [6.45, 7) is 10.6. The lowest BCUT2D eigenvalue weighted by Gasteiger charge is -2.28. The maximum atomic E-state index is 14.2. The number of methoxy groups -OCH3 is 1. The minimum absolute atomic E-state index is 0.0448. The molecule has 2 aliphatic rings. The van der Waals surface area contributed by atoms with Crippen LogP contribution in [0.2, 0.25) is 0 Å². The van der Waals surface area contributed by atoms with E-state index in [1.165, 1.54) is 12.0 Å². The Balaban J connectivity index is 1.34. The topological polar surface area (TPSA) is 146 Å². The molecule has 3 aromatic carbocycles. The zero-order chi connectivity index (χ0) is 37.8. The van der Waals surface area contributed by atoms with Crippen LogP contribution < -0.4 is 20.7 Å². The number of aryl methyl sites for hydroxylation is 1. The van der Waals surface area contributed by atoms with E-state index in [9.17, 15) is 24.0 Å². The molecule has 0 spiro atoms. The molecule has 12 heteroatoms. The fourth-order valence-electron chi connectivity index (χ4n) is 6.27. The van der Waals surface area contributed by atoms with Crippen molar-refractivity contribution in [1.29, 1.82) is 0 Å². The van der Waals surface area contributed by atoms with Crippen LogP contribution in [0.4, 0.5) is 21.0 Å². The number of esters is 1. The lowest BCUT2D eigenvalue weighted by Crippen LogP contribution is -2.52. The van der Waals surface area contributed by atoms with Gasteiger partial charge in [0, 0.05) is 12.2 Å². The maximum absolute atomic E-state index is 14.2. The minimum atomic E-state index is -1.27. The molecule has 276 valence electrons. The summed E-state index contributed by atoms with van der Waals surface area (Å²) in [7, 11) is 1.48. The van der Waals surface area contributed by atoms with Crippen molar-refractivity contribution < 1.29 is 33.4 Å². The Morgan fingerprint density at radius 1 is 0.923 bits per heavy atom. The largest absolute Gasteiger partial charge is 0.495 e. The van der Waals surface area contributed by atoms with Gasteiger partial charge in [-0.1, -0.05) is 67.4 Å². The molecule has 2 atom stereocenters. The quantitative estimate of drug-likeness (QED) is 0.129. The van der Waals surface area contributed by atoms with Crippen LogP contribution in [0.15, 0.2) is 72.8 Å². The van der Waals surface area contributed by atoms with Crippen LogP contribution in [0.1, 0.15) is 83.0 Å². The molecule has 1 saturated heterocycles. The first-order chi connectivity index (χ1) is 24.6. The second kappa shape index (κ2) is 15.5. The SMILES string of the molecule is COc1cc(CN2C(=O)N([C@@H](CC3CC3)C(=O)N[C@@H](CC(=O)OC(C)(C)C)c3ccccc3)C(=O)C2(C)C)ccc1NC(=O)Nc1ccccc1C. The second-order valence-electron chi connectivity index (χ2n) is 15.0. The third kappa shape index (κ3) is 9.09. The highest BCUT2D eigenvalue weighted by atomic mass is 16.6. The Hall–Kier alpha value is -5.39. The number of imide groups is 1. The maximum Gasteiger partial charge on any atom is 0.328 e. The van der Waals surface area contributed by atoms with Crippen molar-refractivity contribution in [3.8, 4) is 5.75 Å². The van der Waals surface area contributed by atoms with Crippen molar-refractivity contribution in [1.82, 2.24) is 15.1 Å². The summed E-state index contributed by atoms with van der Waals surface area (Å²) in [5, 5.41) is 8.62. The molecule has 0 aromatic heterocycles. The first-order valence-electron chi connectivity index (χ1n) is 17.6. The number of nitrogens with one attached hydrogen (secondary N) is 3. The van der Waals surface area contributed by atoms with Gasteiger partial charge in [-0.3, -0.25) is 14.4 Å². The van der Waals surface area contributed by atoms with Crippen LogP contribution >= 0.6 is 0 Å². The van der Waals surface area contributed by atoms with E-state index in [0.717, 1.165) is 23.3 Å². The van der Waals surface area contributed by atoms with E-state index in [2.05, 4.69) is 16.0 Å². The van der Waals surface area contributed by atoms with Crippen LogP contribution in [0.3, 0.4) is 0 Å². The zero-order valence-corrected chi connectivity index (χ0v) is 30.9. The normalized spacial score (nSPS) is 16.6. The third-order valence-electron chi connectivity index (χ3n) is 9.28. The predicted octanol–water partition coefficient (Wildman–Crippen LogP) is 6.95. The van der Waals surface area contributed by atoms with Crippen molar-refractivity contribution in [2.75, 3.05) is 17.7 Å². The number of anilines is 2. The number of hydrogen-bond donors (Lipinski definition) is 3. The van der Waals surface area contributed by atoms with E-state index in [4.69, 9.17) is 9.47 Å². The molecule has 0 bridgehead atoms. The molecular weight excluding hydrogens is 662 g/mol. The summed E-state index contributed by atoms with van der Waals surface area (Å²) in [6.07, 6.45) is 2.00. The van der Waals surface area contributed by atoms with E-state index in [1.807, 2.05) is 55.5 Å². The van der Waals surface area contributed by atoms with Crippen LogP contribution in [0.5, 0.6) is 5.75 Å².